The summed E-state index contributed by atoms with van der Waals surface area (Å²) in [5.41, 5.74) is 3.33. The molecule has 1 aliphatic rings. The van der Waals surface area contributed by atoms with E-state index in [2.05, 4.69) is 31.4 Å². The quantitative estimate of drug-likeness (QED) is 0.124. The van der Waals surface area contributed by atoms with E-state index in [-0.39, 0.29) is 25.0 Å². The molecule has 0 radical (unpaired) electrons. The number of nitrogens with zero attached hydrogens (tertiary/aromatic N) is 3. The number of aryl methyl sites for hydroxylation is 1. The van der Waals surface area contributed by atoms with Crippen molar-refractivity contribution in [1.82, 2.24) is 4.90 Å². The van der Waals surface area contributed by atoms with Gasteiger partial charge in [-0.15, -0.1) is 5.10 Å². The Bertz CT molecular complexity index is 1610. The molecular weight excluding hydrogens is 604 g/mol. The van der Waals surface area contributed by atoms with Gasteiger partial charge in [0, 0.05) is 15.7 Å². The van der Waals surface area contributed by atoms with Crippen molar-refractivity contribution in [3.63, 3.8) is 0 Å². The number of thioether (sulfide) groups is 1. The molecule has 5 rings (SSSR count). The van der Waals surface area contributed by atoms with Crippen molar-refractivity contribution in [3.05, 3.63) is 123 Å². The molecule has 0 saturated carbocycles. The molecule has 10 heteroatoms. The zero-order chi connectivity index (χ0) is 28.6. The summed E-state index contributed by atoms with van der Waals surface area (Å²) in [4.78, 5) is 27.9. The normalized spacial score (nSPS) is 15.3. The van der Waals surface area contributed by atoms with E-state index in [9.17, 15) is 9.59 Å². The van der Waals surface area contributed by atoms with Crippen molar-refractivity contribution in [3.8, 4) is 5.75 Å². The number of carbonyl (C=O) groups excluding carboxylic acids is 2. The highest BCUT2D eigenvalue weighted by Gasteiger charge is 2.34. The lowest BCUT2D eigenvalue weighted by atomic mass is 10.2. The summed E-state index contributed by atoms with van der Waals surface area (Å²) < 4.78 is 12.3. The van der Waals surface area contributed by atoms with E-state index in [1.54, 1.807) is 36.8 Å². The van der Waals surface area contributed by atoms with Crippen LogP contribution in [0.15, 0.2) is 115 Å². The molecule has 206 valence electrons. The molecule has 0 unspecified atom stereocenters. The van der Waals surface area contributed by atoms with Gasteiger partial charge in [0.1, 0.15) is 11.5 Å². The molecular formula is C31H25BrN4O4S. The number of carbonyl (C=O) groups is 2. The third-order valence-electron chi connectivity index (χ3n) is 5.90. The highest BCUT2D eigenvalue weighted by Crippen LogP contribution is 2.35. The Kier molecular flexibility index (Phi) is 9.12. The van der Waals surface area contributed by atoms with Crippen LogP contribution in [0.25, 0.3) is 6.08 Å². The van der Waals surface area contributed by atoms with Crippen LogP contribution in [0.3, 0.4) is 0 Å². The van der Waals surface area contributed by atoms with Crippen molar-refractivity contribution in [2.45, 2.75) is 13.5 Å². The highest BCUT2D eigenvalue weighted by atomic mass is 79.9. The minimum atomic E-state index is -0.287. The highest BCUT2D eigenvalue weighted by molar-refractivity contribution is 9.10. The van der Waals surface area contributed by atoms with Gasteiger partial charge in [-0.2, -0.15) is 5.10 Å². The number of nitrogens with one attached hydrogen (secondary N) is 1. The number of hydrogen-bond donors (Lipinski definition) is 1. The second-order valence-corrected chi connectivity index (χ2v) is 10.9. The van der Waals surface area contributed by atoms with Crippen LogP contribution >= 0.6 is 27.7 Å². The van der Waals surface area contributed by atoms with E-state index in [0.717, 1.165) is 15.6 Å². The Hall–Kier alpha value is -4.41. The summed E-state index contributed by atoms with van der Waals surface area (Å²) in [6, 6.07) is 26.0. The topological polar surface area (TPSA) is 96.5 Å². The average molecular weight is 630 g/mol. The summed E-state index contributed by atoms with van der Waals surface area (Å²) in [7, 11) is 0. The number of rotatable bonds is 9. The maximum atomic E-state index is 13.5. The Balaban J connectivity index is 1.33. The standard InChI is InChI=1S/C31H25BrN4O4S/c1-21-8-14-25(15-9-21)34-29(37)20-40-27-7-3-2-5-23(27)17-28-30(38)36(19-26-6-4-16-39-26)31(41-28)35-33-18-22-10-12-24(32)13-11-22/h2-18H,19-20H2,1H3,(H,34,37)/b28-17-,33-18+,35-31-. The van der Waals surface area contributed by atoms with E-state index in [1.165, 1.54) is 16.7 Å². The Morgan fingerprint density at radius 3 is 2.59 bits per heavy atom. The first-order valence-corrected chi connectivity index (χ1v) is 14.2. The largest absolute Gasteiger partial charge is 0.483 e. The third kappa shape index (κ3) is 7.62. The van der Waals surface area contributed by atoms with Crippen molar-refractivity contribution in [2.24, 2.45) is 10.2 Å². The smallest absolute Gasteiger partial charge is 0.267 e. The molecule has 1 fully saturated rings. The fraction of sp³-hybridized carbons (Fsp3) is 0.0968. The van der Waals surface area contributed by atoms with Gasteiger partial charge >= 0.3 is 0 Å². The lowest BCUT2D eigenvalue weighted by Crippen LogP contribution is -2.28. The van der Waals surface area contributed by atoms with Crippen molar-refractivity contribution in [2.75, 3.05) is 11.9 Å². The molecule has 1 N–H and O–H groups in total. The van der Waals surface area contributed by atoms with Gasteiger partial charge in [-0.1, -0.05) is 64.0 Å². The van der Waals surface area contributed by atoms with Gasteiger partial charge in [0.2, 0.25) is 0 Å². The molecule has 0 spiro atoms. The van der Waals surface area contributed by atoms with Crippen LogP contribution in [-0.2, 0) is 16.1 Å². The molecule has 4 aromatic rings. The number of ether oxygens (including phenoxy) is 1. The molecule has 2 amide bonds. The van der Waals surface area contributed by atoms with Crippen LogP contribution in [-0.4, -0.2) is 34.7 Å². The molecule has 1 aromatic heterocycles. The van der Waals surface area contributed by atoms with Gasteiger partial charge in [0.15, 0.2) is 11.8 Å². The summed E-state index contributed by atoms with van der Waals surface area (Å²) in [5.74, 6) is 0.568. The number of benzene rings is 3. The first-order valence-electron chi connectivity index (χ1n) is 12.6. The number of anilines is 1. The molecule has 0 atom stereocenters. The molecule has 8 nitrogen and oxygen atoms in total. The molecule has 0 aliphatic carbocycles. The van der Waals surface area contributed by atoms with Gasteiger partial charge < -0.3 is 14.5 Å². The van der Waals surface area contributed by atoms with Crippen LogP contribution in [0.2, 0.25) is 0 Å². The number of hydrogen-bond acceptors (Lipinski definition) is 7. The van der Waals surface area contributed by atoms with E-state index in [0.29, 0.717) is 32.8 Å². The van der Waals surface area contributed by atoms with Crippen LogP contribution in [0.1, 0.15) is 22.5 Å². The fourth-order valence-corrected chi connectivity index (χ4v) is 5.01. The fourth-order valence-electron chi connectivity index (χ4n) is 3.82. The number of para-hydroxylation sites is 1. The second kappa shape index (κ2) is 13.3. The second-order valence-electron chi connectivity index (χ2n) is 9.00. The molecule has 41 heavy (non-hydrogen) atoms. The number of furan rings is 1. The Labute approximate surface area is 249 Å². The Morgan fingerprint density at radius 2 is 1.83 bits per heavy atom. The molecule has 1 aliphatic heterocycles. The number of amidine groups is 1. The zero-order valence-electron chi connectivity index (χ0n) is 22.0. The first-order chi connectivity index (χ1) is 19.9. The van der Waals surface area contributed by atoms with Crippen LogP contribution in [0.5, 0.6) is 5.75 Å². The van der Waals surface area contributed by atoms with Gasteiger partial charge in [-0.3, -0.25) is 14.5 Å². The maximum Gasteiger partial charge on any atom is 0.267 e. The predicted molar refractivity (Wildman–Crippen MR) is 166 cm³/mol. The SMILES string of the molecule is Cc1ccc(NC(=O)COc2ccccc2/C=C2\S/C(=N\N=C\c3ccc(Br)cc3)N(Cc3ccco3)C2=O)cc1. The summed E-state index contributed by atoms with van der Waals surface area (Å²) >= 11 is 4.62. The molecule has 1 saturated heterocycles. The van der Waals surface area contributed by atoms with E-state index < -0.39 is 0 Å². The lowest BCUT2D eigenvalue weighted by molar-refractivity contribution is -0.122. The van der Waals surface area contributed by atoms with Gasteiger partial charge in [-0.25, -0.2) is 0 Å². The monoisotopic (exact) mass is 628 g/mol. The summed E-state index contributed by atoms with van der Waals surface area (Å²) in [5, 5.41) is 11.8. The number of halogens is 1. The minimum Gasteiger partial charge on any atom is -0.483 e. The maximum absolute atomic E-state index is 13.5. The predicted octanol–water partition coefficient (Wildman–Crippen LogP) is 6.87. The van der Waals surface area contributed by atoms with E-state index in [4.69, 9.17) is 9.15 Å². The van der Waals surface area contributed by atoms with Crippen LogP contribution in [0, 0.1) is 6.92 Å². The van der Waals surface area contributed by atoms with E-state index >= 15 is 0 Å². The van der Waals surface area contributed by atoms with Crippen molar-refractivity contribution < 1.29 is 18.7 Å². The Morgan fingerprint density at radius 1 is 1.05 bits per heavy atom. The molecule has 0 bridgehead atoms. The van der Waals surface area contributed by atoms with Gasteiger partial charge in [0.05, 0.1) is 23.9 Å². The summed E-state index contributed by atoms with van der Waals surface area (Å²) in [6.07, 6.45) is 4.92. The molecule has 3 aromatic carbocycles. The van der Waals surface area contributed by atoms with Crippen molar-refractivity contribution in [1.29, 1.82) is 0 Å². The van der Waals surface area contributed by atoms with Crippen molar-refractivity contribution >= 4 is 62.7 Å². The van der Waals surface area contributed by atoms with Crippen LogP contribution in [0.4, 0.5) is 5.69 Å². The third-order valence-corrected chi connectivity index (χ3v) is 7.43. The average Bonchev–Trinajstić information content (AvgIpc) is 3.59. The van der Waals surface area contributed by atoms with E-state index in [1.807, 2.05) is 73.7 Å². The lowest BCUT2D eigenvalue weighted by Gasteiger charge is -2.12. The first kappa shape index (κ1) is 28.1. The number of amides is 2. The van der Waals surface area contributed by atoms with Gasteiger partial charge in [-0.05, 0) is 72.8 Å². The van der Waals surface area contributed by atoms with Gasteiger partial charge in [0.25, 0.3) is 11.8 Å². The zero-order valence-corrected chi connectivity index (χ0v) is 24.4. The van der Waals surface area contributed by atoms with Crippen LogP contribution < -0.4 is 10.1 Å². The minimum absolute atomic E-state index is 0.183. The summed E-state index contributed by atoms with van der Waals surface area (Å²) in [6.45, 7) is 2.01. The molecule has 2 heterocycles.